The third-order valence-corrected chi connectivity index (χ3v) is 3.86. The topological polar surface area (TPSA) is 66.8 Å². The molecule has 0 aliphatic heterocycles. The lowest BCUT2D eigenvalue weighted by atomic mass is 9.93. The molecule has 0 aliphatic rings. The Morgan fingerprint density at radius 1 is 0.800 bits per heavy atom. The minimum Gasteiger partial charge on any atom is -0.423 e. The fourth-order valence-corrected chi connectivity index (χ4v) is 2.65. The summed E-state index contributed by atoms with van der Waals surface area (Å²) in [6.45, 7) is 0.0571. The number of hydrogen-bond donors (Lipinski definition) is 2. The summed E-state index contributed by atoms with van der Waals surface area (Å²) in [5.74, 6) is 0.0833. The highest BCUT2D eigenvalue weighted by Crippen LogP contribution is 2.28. The van der Waals surface area contributed by atoms with Crippen molar-refractivity contribution in [1.29, 1.82) is 0 Å². The number of benzene rings is 2. The number of ether oxygens (including phenoxy) is 1. The number of aliphatic hydroxyl groups is 2. The Bertz CT molecular complexity index is 678. The van der Waals surface area contributed by atoms with Gasteiger partial charge in [0.1, 0.15) is 5.75 Å². The molecule has 25 heavy (non-hydrogen) atoms. The highest BCUT2D eigenvalue weighted by molar-refractivity contribution is 5.98. The zero-order chi connectivity index (χ0) is 17.9. The van der Waals surface area contributed by atoms with E-state index in [1.807, 2.05) is 48.5 Å². The summed E-state index contributed by atoms with van der Waals surface area (Å²) in [6.07, 6.45) is 2.04. The van der Waals surface area contributed by atoms with Crippen LogP contribution in [0.1, 0.15) is 31.2 Å². The van der Waals surface area contributed by atoms with E-state index in [0.717, 1.165) is 11.1 Å². The van der Waals surface area contributed by atoms with E-state index in [1.165, 1.54) is 0 Å². The molecular weight excluding hydrogens is 316 g/mol. The molecule has 4 nitrogen and oxygen atoms in total. The zero-order valence-electron chi connectivity index (χ0n) is 14.2. The fourth-order valence-electron chi connectivity index (χ4n) is 2.65. The Hall–Kier alpha value is -2.43. The first-order valence-corrected chi connectivity index (χ1v) is 8.52. The first-order valence-electron chi connectivity index (χ1n) is 8.52. The highest BCUT2D eigenvalue weighted by Gasteiger charge is 2.18. The van der Waals surface area contributed by atoms with Crippen molar-refractivity contribution >= 4 is 11.5 Å². The van der Waals surface area contributed by atoms with E-state index in [1.54, 1.807) is 12.1 Å². The summed E-state index contributed by atoms with van der Waals surface area (Å²) < 4.78 is 5.52. The van der Waals surface area contributed by atoms with Crippen LogP contribution in [-0.2, 0) is 4.79 Å². The molecule has 0 aliphatic carbocycles. The third kappa shape index (κ3) is 5.85. The summed E-state index contributed by atoms with van der Waals surface area (Å²) in [7, 11) is 0. The van der Waals surface area contributed by atoms with E-state index in [2.05, 4.69) is 0 Å². The number of hydrogen-bond acceptors (Lipinski definition) is 4. The molecule has 0 saturated carbocycles. The van der Waals surface area contributed by atoms with Crippen LogP contribution in [-0.4, -0.2) is 29.4 Å². The zero-order valence-corrected chi connectivity index (χ0v) is 14.2. The molecule has 2 aromatic carbocycles. The second-order valence-electron chi connectivity index (χ2n) is 5.68. The van der Waals surface area contributed by atoms with Gasteiger partial charge in [0.25, 0.3) is 0 Å². The van der Waals surface area contributed by atoms with E-state index < -0.39 is 5.97 Å². The Kier molecular flexibility index (Phi) is 7.89. The molecule has 0 amide bonds. The lowest BCUT2D eigenvalue weighted by Gasteiger charge is -2.15. The van der Waals surface area contributed by atoms with Crippen LogP contribution in [0, 0.1) is 0 Å². The van der Waals surface area contributed by atoms with Gasteiger partial charge in [-0.1, -0.05) is 48.5 Å². The smallest absolute Gasteiger partial charge is 0.339 e. The average molecular weight is 340 g/mol. The highest BCUT2D eigenvalue weighted by atomic mass is 16.5. The second-order valence-corrected chi connectivity index (χ2v) is 5.68. The van der Waals surface area contributed by atoms with E-state index in [0.29, 0.717) is 37.0 Å². The van der Waals surface area contributed by atoms with Crippen LogP contribution >= 0.6 is 0 Å². The van der Waals surface area contributed by atoms with Gasteiger partial charge >= 0.3 is 5.97 Å². The van der Waals surface area contributed by atoms with Crippen LogP contribution in [0.15, 0.2) is 66.2 Å². The number of carbonyl (C=O) groups excluding carboxylic acids is 1. The van der Waals surface area contributed by atoms with Gasteiger partial charge in [0.15, 0.2) is 0 Å². The van der Waals surface area contributed by atoms with E-state index in [-0.39, 0.29) is 13.2 Å². The minimum atomic E-state index is -0.406. The first kappa shape index (κ1) is 18.9. The van der Waals surface area contributed by atoms with E-state index in [4.69, 9.17) is 4.74 Å². The largest absolute Gasteiger partial charge is 0.423 e. The molecular formula is C21H24O4. The van der Waals surface area contributed by atoms with Crippen LogP contribution in [0.4, 0.5) is 0 Å². The summed E-state index contributed by atoms with van der Waals surface area (Å²) in [5.41, 5.74) is 2.36. The van der Waals surface area contributed by atoms with Gasteiger partial charge in [0.2, 0.25) is 0 Å². The van der Waals surface area contributed by atoms with E-state index >= 15 is 0 Å². The van der Waals surface area contributed by atoms with Gasteiger partial charge in [-0.15, -0.1) is 0 Å². The predicted octanol–water partition coefficient (Wildman–Crippen LogP) is 3.59. The Morgan fingerprint density at radius 3 is 1.96 bits per heavy atom. The van der Waals surface area contributed by atoms with Crippen molar-refractivity contribution in [3.05, 3.63) is 71.8 Å². The lowest BCUT2D eigenvalue weighted by molar-refractivity contribution is -0.130. The molecule has 0 unspecified atom stereocenters. The Morgan fingerprint density at radius 2 is 1.36 bits per heavy atom. The van der Waals surface area contributed by atoms with Gasteiger partial charge in [0.05, 0.1) is 0 Å². The predicted molar refractivity (Wildman–Crippen MR) is 98.1 cm³/mol. The maximum Gasteiger partial charge on any atom is 0.339 e. The van der Waals surface area contributed by atoms with Gasteiger partial charge in [-0.3, -0.25) is 0 Å². The van der Waals surface area contributed by atoms with Crippen molar-refractivity contribution in [1.82, 2.24) is 0 Å². The SMILES string of the molecule is O=C(Oc1ccccc1)C(CCCO)=C(CCCO)c1ccccc1. The molecule has 0 atom stereocenters. The molecule has 2 rings (SSSR count). The first-order chi connectivity index (χ1) is 12.3. The maximum absolute atomic E-state index is 12.8. The second kappa shape index (κ2) is 10.4. The normalized spacial score (nSPS) is 11.8. The van der Waals surface area contributed by atoms with Crippen molar-refractivity contribution in [2.75, 3.05) is 13.2 Å². The van der Waals surface area contributed by atoms with Crippen molar-refractivity contribution < 1.29 is 19.7 Å². The molecule has 0 bridgehead atoms. The van der Waals surface area contributed by atoms with Gasteiger partial charge in [-0.25, -0.2) is 4.79 Å². The third-order valence-electron chi connectivity index (χ3n) is 3.86. The molecule has 0 spiro atoms. The molecule has 0 radical (unpaired) electrons. The molecule has 132 valence electrons. The Balaban J connectivity index is 2.37. The number of esters is 1. The summed E-state index contributed by atoms with van der Waals surface area (Å²) >= 11 is 0. The molecule has 0 aromatic heterocycles. The number of carbonyl (C=O) groups is 1. The number of para-hydroxylation sites is 1. The fraction of sp³-hybridized carbons (Fsp3) is 0.286. The maximum atomic E-state index is 12.8. The lowest BCUT2D eigenvalue weighted by Crippen LogP contribution is -2.14. The van der Waals surface area contributed by atoms with Crippen molar-refractivity contribution in [3.63, 3.8) is 0 Å². The van der Waals surface area contributed by atoms with Gasteiger partial charge in [-0.05, 0) is 49.0 Å². The quantitative estimate of drug-likeness (QED) is 0.416. The number of allylic oxidation sites excluding steroid dienone is 1. The minimum absolute atomic E-state index is 0.00415. The van der Waals surface area contributed by atoms with Crippen molar-refractivity contribution in [2.45, 2.75) is 25.7 Å². The number of rotatable bonds is 9. The van der Waals surface area contributed by atoms with Gasteiger partial charge in [-0.2, -0.15) is 0 Å². The van der Waals surface area contributed by atoms with Crippen LogP contribution in [0.5, 0.6) is 5.75 Å². The molecule has 2 N–H and O–H groups in total. The standard InChI is InChI=1S/C21H24O4/c22-15-7-13-19(17-9-3-1-4-10-17)20(14-8-16-23)21(24)25-18-11-5-2-6-12-18/h1-6,9-12,22-23H,7-8,13-16H2. The number of aliphatic hydroxyl groups excluding tert-OH is 2. The molecule has 0 heterocycles. The molecule has 4 heteroatoms. The summed E-state index contributed by atoms with van der Waals surface area (Å²) in [5, 5.41) is 18.4. The van der Waals surface area contributed by atoms with Crippen molar-refractivity contribution in [3.8, 4) is 5.75 Å². The molecule has 0 fully saturated rings. The van der Waals surface area contributed by atoms with Crippen molar-refractivity contribution in [2.24, 2.45) is 0 Å². The van der Waals surface area contributed by atoms with Crippen LogP contribution in [0.2, 0.25) is 0 Å². The monoisotopic (exact) mass is 340 g/mol. The van der Waals surface area contributed by atoms with Gasteiger partial charge < -0.3 is 14.9 Å². The molecule has 2 aromatic rings. The van der Waals surface area contributed by atoms with Gasteiger partial charge in [0, 0.05) is 18.8 Å². The van der Waals surface area contributed by atoms with Crippen LogP contribution < -0.4 is 4.74 Å². The average Bonchev–Trinajstić information content (AvgIpc) is 2.66. The summed E-state index contributed by atoms with van der Waals surface area (Å²) in [6, 6.07) is 18.6. The summed E-state index contributed by atoms with van der Waals surface area (Å²) in [4.78, 5) is 12.8. The Labute approximate surface area is 148 Å². The molecule has 0 saturated heterocycles. The van der Waals surface area contributed by atoms with Crippen LogP contribution in [0.25, 0.3) is 5.57 Å². The van der Waals surface area contributed by atoms with E-state index in [9.17, 15) is 15.0 Å². The van der Waals surface area contributed by atoms with Crippen LogP contribution in [0.3, 0.4) is 0 Å².